The van der Waals surface area contributed by atoms with Crippen molar-refractivity contribution in [1.29, 1.82) is 0 Å². The molecule has 24 heavy (non-hydrogen) atoms. The molecular weight excluding hydrogens is 306 g/mol. The molecule has 2 aromatic carbocycles. The average molecular weight is 329 g/mol. The number of fused-ring (bicyclic) bond motifs is 1. The van der Waals surface area contributed by atoms with Gasteiger partial charge in [-0.25, -0.2) is 9.97 Å². The number of hydrogen-bond acceptors (Lipinski definition) is 4. The van der Waals surface area contributed by atoms with Gasteiger partial charge < -0.3 is 21.4 Å². The minimum absolute atomic E-state index is 0. The van der Waals surface area contributed by atoms with E-state index in [0.29, 0.717) is 6.42 Å². The van der Waals surface area contributed by atoms with Crippen molar-refractivity contribution < 1.29 is 16.1 Å². The number of aryl methyl sites for hydroxylation is 2. The number of rotatable bonds is 4. The van der Waals surface area contributed by atoms with Gasteiger partial charge in [-0.05, 0) is 55.2 Å². The van der Waals surface area contributed by atoms with Crippen molar-refractivity contribution in [3.8, 4) is 0 Å². The quantitative estimate of drug-likeness (QED) is 0.759. The maximum atomic E-state index is 9.20. The second-order valence-electron chi connectivity index (χ2n) is 5.43. The Morgan fingerprint density at radius 3 is 2.46 bits per heavy atom. The first-order valence-corrected chi connectivity index (χ1v) is 7.37. The molecule has 0 saturated carbocycles. The Morgan fingerprint density at radius 1 is 1.00 bits per heavy atom. The predicted molar refractivity (Wildman–Crippen MR) is 96.8 cm³/mol. The first-order chi connectivity index (χ1) is 10.7. The van der Waals surface area contributed by atoms with Gasteiger partial charge >= 0.3 is 0 Å². The van der Waals surface area contributed by atoms with Crippen molar-refractivity contribution in [1.82, 2.24) is 9.97 Å². The average Bonchev–Trinajstić information content (AvgIpc) is 2.51. The van der Waals surface area contributed by atoms with Crippen LogP contribution in [0.4, 0.5) is 11.5 Å². The number of benzene rings is 2. The summed E-state index contributed by atoms with van der Waals surface area (Å²) in [5.74, 6) is 0.790. The zero-order valence-electron chi connectivity index (χ0n) is 13.8. The van der Waals surface area contributed by atoms with Crippen LogP contribution in [0.5, 0.6) is 0 Å². The molecule has 0 atom stereocenters. The van der Waals surface area contributed by atoms with Gasteiger partial charge in [-0.1, -0.05) is 18.2 Å². The normalized spacial score (nSPS) is 9.96. The zero-order chi connectivity index (χ0) is 15.5. The predicted octanol–water partition coefficient (Wildman–Crippen LogP) is 1.88. The Kier molecular flexibility index (Phi) is 6.79. The van der Waals surface area contributed by atoms with E-state index in [-0.39, 0.29) is 17.6 Å². The molecule has 0 aliphatic rings. The van der Waals surface area contributed by atoms with Crippen molar-refractivity contribution in [2.24, 2.45) is 0 Å². The van der Waals surface area contributed by atoms with Crippen LogP contribution in [0.3, 0.4) is 0 Å². The van der Waals surface area contributed by atoms with Gasteiger partial charge in [0, 0.05) is 17.7 Å². The van der Waals surface area contributed by atoms with Crippen molar-refractivity contribution in [3.05, 3.63) is 59.4 Å². The highest BCUT2D eigenvalue weighted by Crippen LogP contribution is 2.27. The van der Waals surface area contributed by atoms with Crippen LogP contribution in [0.2, 0.25) is 0 Å². The number of aliphatic hydroxyl groups is 1. The molecule has 0 aliphatic carbocycles. The summed E-state index contributed by atoms with van der Waals surface area (Å²) in [4.78, 5) is 8.74. The third-order valence-electron chi connectivity index (χ3n) is 3.90. The van der Waals surface area contributed by atoms with E-state index in [1.165, 1.54) is 11.1 Å². The summed E-state index contributed by atoms with van der Waals surface area (Å²) in [5, 5.41) is 13.6. The lowest BCUT2D eigenvalue weighted by Gasteiger charge is -2.13. The van der Waals surface area contributed by atoms with E-state index in [1.54, 1.807) is 6.33 Å². The lowest BCUT2D eigenvalue weighted by molar-refractivity contribution is 0.300. The van der Waals surface area contributed by atoms with Crippen molar-refractivity contribution in [3.63, 3.8) is 0 Å². The van der Waals surface area contributed by atoms with E-state index in [1.807, 2.05) is 24.3 Å². The standard InChI is InChI=1S/C18H19N3O.2H2O/c1-12-9-15-17(10-13(12)2)19-11-20-18(15)21-16-6-4-3-5-14(16)7-8-22;;/h3-6,9-11,22H,7-8H2,1-2H3,(H,19,20,21);2*1H2. The van der Waals surface area contributed by atoms with Gasteiger partial charge in [-0.15, -0.1) is 0 Å². The summed E-state index contributed by atoms with van der Waals surface area (Å²) >= 11 is 0. The summed E-state index contributed by atoms with van der Waals surface area (Å²) in [6.45, 7) is 4.30. The van der Waals surface area contributed by atoms with Crippen LogP contribution in [0.15, 0.2) is 42.7 Å². The molecule has 0 unspecified atom stereocenters. The summed E-state index contributed by atoms with van der Waals surface area (Å²) in [5.41, 5.74) is 5.41. The second kappa shape index (κ2) is 8.35. The molecule has 0 bridgehead atoms. The summed E-state index contributed by atoms with van der Waals surface area (Å²) in [6, 6.07) is 12.2. The van der Waals surface area contributed by atoms with Gasteiger partial charge in [-0.2, -0.15) is 0 Å². The lowest BCUT2D eigenvalue weighted by atomic mass is 10.1. The summed E-state index contributed by atoms with van der Waals surface area (Å²) in [6.07, 6.45) is 2.19. The Bertz CT molecular complexity index is 822. The molecule has 3 aromatic rings. The van der Waals surface area contributed by atoms with E-state index in [2.05, 4.69) is 41.3 Å². The molecule has 0 fully saturated rings. The molecule has 1 aromatic heterocycles. The monoisotopic (exact) mass is 329 g/mol. The maximum Gasteiger partial charge on any atom is 0.141 e. The second-order valence-corrected chi connectivity index (χ2v) is 5.43. The number of para-hydroxylation sites is 1. The molecule has 1 heterocycles. The van der Waals surface area contributed by atoms with E-state index in [0.717, 1.165) is 28.0 Å². The van der Waals surface area contributed by atoms with Gasteiger partial charge in [0.1, 0.15) is 12.1 Å². The van der Waals surface area contributed by atoms with E-state index < -0.39 is 0 Å². The van der Waals surface area contributed by atoms with Gasteiger partial charge in [-0.3, -0.25) is 0 Å². The van der Waals surface area contributed by atoms with Crippen LogP contribution in [-0.2, 0) is 6.42 Å². The van der Waals surface area contributed by atoms with Crippen molar-refractivity contribution >= 4 is 22.4 Å². The third kappa shape index (κ3) is 3.86. The molecule has 128 valence electrons. The fourth-order valence-electron chi connectivity index (χ4n) is 2.52. The number of anilines is 2. The third-order valence-corrected chi connectivity index (χ3v) is 3.90. The van der Waals surface area contributed by atoms with Gasteiger partial charge in [0.05, 0.1) is 5.52 Å². The Morgan fingerprint density at radius 2 is 1.71 bits per heavy atom. The van der Waals surface area contributed by atoms with Crippen LogP contribution in [0.25, 0.3) is 10.9 Å². The van der Waals surface area contributed by atoms with Gasteiger partial charge in [0.25, 0.3) is 0 Å². The van der Waals surface area contributed by atoms with Crippen molar-refractivity contribution in [2.75, 3.05) is 11.9 Å². The number of hydrogen-bond donors (Lipinski definition) is 2. The molecule has 0 spiro atoms. The van der Waals surface area contributed by atoms with Crippen LogP contribution in [0.1, 0.15) is 16.7 Å². The van der Waals surface area contributed by atoms with Crippen LogP contribution < -0.4 is 5.32 Å². The fraction of sp³-hybridized carbons (Fsp3) is 0.222. The molecule has 6 N–H and O–H groups in total. The Labute approximate surface area is 140 Å². The molecular formula is C18H23N3O3. The highest BCUT2D eigenvalue weighted by molar-refractivity contribution is 5.91. The zero-order valence-corrected chi connectivity index (χ0v) is 13.8. The fourth-order valence-corrected chi connectivity index (χ4v) is 2.52. The SMILES string of the molecule is Cc1cc2ncnc(Nc3ccccc3CCO)c2cc1C.O.O. The van der Waals surface area contributed by atoms with E-state index in [4.69, 9.17) is 0 Å². The van der Waals surface area contributed by atoms with Gasteiger partial charge in [0.2, 0.25) is 0 Å². The molecule has 0 saturated heterocycles. The van der Waals surface area contributed by atoms with Gasteiger partial charge in [0.15, 0.2) is 0 Å². The summed E-state index contributed by atoms with van der Waals surface area (Å²) < 4.78 is 0. The molecule has 3 rings (SSSR count). The van der Waals surface area contributed by atoms with E-state index >= 15 is 0 Å². The molecule has 0 aliphatic heterocycles. The molecule has 0 amide bonds. The number of aliphatic hydroxyl groups excluding tert-OH is 1. The van der Waals surface area contributed by atoms with E-state index in [9.17, 15) is 5.11 Å². The van der Waals surface area contributed by atoms with Crippen molar-refractivity contribution in [2.45, 2.75) is 20.3 Å². The first kappa shape index (κ1) is 19.5. The van der Waals surface area contributed by atoms with Crippen LogP contribution in [0, 0.1) is 13.8 Å². The molecule has 6 heteroatoms. The minimum Gasteiger partial charge on any atom is -0.412 e. The van der Waals surface area contributed by atoms with Crippen LogP contribution in [-0.4, -0.2) is 32.6 Å². The largest absolute Gasteiger partial charge is 0.412 e. The smallest absolute Gasteiger partial charge is 0.141 e. The topological polar surface area (TPSA) is 121 Å². The number of nitrogens with one attached hydrogen (secondary N) is 1. The maximum absolute atomic E-state index is 9.20. The highest BCUT2D eigenvalue weighted by atomic mass is 16.2. The minimum atomic E-state index is 0. The highest BCUT2D eigenvalue weighted by Gasteiger charge is 2.08. The molecule has 0 radical (unpaired) electrons. The lowest BCUT2D eigenvalue weighted by Crippen LogP contribution is -2.01. The van der Waals surface area contributed by atoms with Crippen LogP contribution >= 0.6 is 0 Å². The summed E-state index contributed by atoms with van der Waals surface area (Å²) in [7, 11) is 0. The number of aromatic nitrogens is 2. The Balaban J connectivity index is 0.00000144. The number of nitrogens with zero attached hydrogens (tertiary/aromatic N) is 2. The first-order valence-electron chi connectivity index (χ1n) is 7.37. The molecule has 6 nitrogen and oxygen atoms in total. The Hall–Kier alpha value is -2.54.